The molecule has 1 atom stereocenters. The molecule has 0 aliphatic rings. The van der Waals surface area contributed by atoms with Gasteiger partial charge in [-0.3, -0.25) is 4.90 Å². The molecule has 0 bridgehead atoms. The fraction of sp³-hybridized carbons (Fsp3) is 0.364. The van der Waals surface area contributed by atoms with Crippen molar-refractivity contribution in [1.29, 1.82) is 0 Å². The van der Waals surface area contributed by atoms with E-state index in [2.05, 4.69) is 28.7 Å². The third-order valence-corrected chi connectivity index (χ3v) is 2.79. The predicted octanol–water partition coefficient (Wildman–Crippen LogP) is 2.96. The molecule has 0 aromatic heterocycles. The second kappa shape index (κ2) is 6.05. The standard InChI is InChI=1S/C11H13INO3/c1-3-10(16-2)13(11(14)15)9-6-4-5-8(12)7-9/h4-5,7,10H,3H2,1-2H3,(H,14,15). The zero-order valence-corrected chi connectivity index (χ0v) is 11.3. The molecule has 0 heterocycles. The van der Waals surface area contributed by atoms with Crippen molar-refractivity contribution in [3.05, 3.63) is 27.8 Å². The van der Waals surface area contributed by atoms with E-state index >= 15 is 0 Å². The molecule has 1 rings (SSSR count). The highest BCUT2D eigenvalue weighted by molar-refractivity contribution is 14.1. The first-order chi connectivity index (χ1) is 7.60. The molecule has 16 heavy (non-hydrogen) atoms. The van der Waals surface area contributed by atoms with E-state index in [0.29, 0.717) is 12.1 Å². The average Bonchev–Trinajstić information content (AvgIpc) is 2.24. The van der Waals surface area contributed by atoms with Gasteiger partial charge in [0.05, 0.1) is 5.69 Å². The highest BCUT2D eigenvalue weighted by Gasteiger charge is 2.23. The van der Waals surface area contributed by atoms with Crippen LogP contribution in [0.4, 0.5) is 10.5 Å². The fourth-order valence-electron chi connectivity index (χ4n) is 1.40. The third kappa shape index (κ3) is 3.08. The summed E-state index contributed by atoms with van der Waals surface area (Å²) in [5.74, 6) is 0. The van der Waals surface area contributed by atoms with Crippen LogP contribution in [0, 0.1) is 9.64 Å². The van der Waals surface area contributed by atoms with Crippen LogP contribution in [-0.2, 0) is 4.74 Å². The quantitative estimate of drug-likeness (QED) is 0.680. The molecule has 87 valence electrons. The van der Waals surface area contributed by atoms with E-state index in [1.807, 2.05) is 13.0 Å². The highest BCUT2D eigenvalue weighted by atomic mass is 127. The number of amides is 1. The lowest BCUT2D eigenvalue weighted by Gasteiger charge is -2.27. The van der Waals surface area contributed by atoms with Gasteiger partial charge in [-0.25, -0.2) is 4.79 Å². The van der Waals surface area contributed by atoms with Crippen molar-refractivity contribution in [3.8, 4) is 0 Å². The zero-order chi connectivity index (χ0) is 12.1. The number of methoxy groups -OCH3 is 1. The van der Waals surface area contributed by atoms with Crippen molar-refractivity contribution >= 4 is 34.4 Å². The van der Waals surface area contributed by atoms with E-state index < -0.39 is 12.3 Å². The molecule has 0 aliphatic heterocycles. The number of carbonyl (C=O) groups is 1. The van der Waals surface area contributed by atoms with Crippen LogP contribution in [0.15, 0.2) is 18.2 Å². The van der Waals surface area contributed by atoms with Crippen LogP contribution < -0.4 is 4.90 Å². The molecule has 0 spiro atoms. The Morgan fingerprint density at radius 1 is 1.75 bits per heavy atom. The number of carboxylic acid groups (broad SMARTS) is 1. The van der Waals surface area contributed by atoms with Gasteiger partial charge in [-0.05, 0) is 41.1 Å². The van der Waals surface area contributed by atoms with Crippen LogP contribution in [0.5, 0.6) is 0 Å². The SMILES string of the molecule is CCC(OC)N(C(=O)O)c1[c]ccc(I)c1. The molecule has 0 aliphatic carbocycles. The van der Waals surface area contributed by atoms with Gasteiger partial charge in [0.25, 0.3) is 0 Å². The van der Waals surface area contributed by atoms with Crippen molar-refractivity contribution in [2.75, 3.05) is 12.0 Å². The molecular formula is C11H13INO3. The maximum atomic E-state index is 11.2. The predicted molar refractivity (Wildman–Crippen MR) is 69.6 cm³/mol. The number of nitrogens with zero attached hydrogens (tertiary/aromatic N) is 1. The van der Waals surface area contributed by atoms with Crippen LogP contribution >= 0.6 is 22.6 Å². The van der Waals surface area contributed by atoms with E-state index in [-0.39, 0.29) is 0 Å². The lowest BCUT2D eigenvalue weighted by atomic mass is 10.2. The number of rotatable bonds is 4. The largest absolute Gasteiger partial charge is 0.465 e. The van der Waals surface area contributed by atoms with Crippen LogP contribution in [0.2, 0.25) is 0 Å². The van der Waals surface area contributed by atoms with Gasteiger partial charge in [-0.15, -0.1) is 0 Å². The summed E-state index contributed by atoms with van der Waals surface area (Å²) >= 11 is 2.13. The van der Waals surface area contributed by atoms with Crippen molar-refractivity contribution in [2.24, 2.45) is 0 Å². The molecule has 0 fully saturated rings. The van der Waals surface area contributed by atoms with Gasteiger partial charge < -0.3 is 9.84 Å². The average molecular weight is 334 g/mol. The summed E-state index contributed by atoms with van der Waals surface area (Å²) in [5, 5.41) is 9.17. The molecule has 1 radical (unpaired) electrons. The lowest BCUT2D eigenvalue weighted by molar-refractivity contribution is 0.0918. The summed E-state index contributed by atoms with van der Waals surface area (Å²) in [6, 6.07) is 8.22. The van der Waals surface area contributed by atoms with E-state index in [0.717, 1.165) is 3.57 Å². The van der Waals surface area contributed by atoms with Crippen molar-refractivity contribution < 1.29 is 14.6 Å². The van der Waals surface area contributed by atoms with Crippen LogP contribution in [-0.4, -0.2) is 24.5 Å². The topological polar surface area (TPSA) is 49.8 Å². The molecule has 0 saturated heterocycles. The van der Waals surface area contributed by atoms with Gasteiger partial charge in [0, 0.05) is 16.7 Å². The zero-order valence-electron chi connectivity index (χ0n) is 9.11. The van der Waals surface area contributed by atoms with Crippen LogP contribution in [0.1, 0.15) is 13.3 Å². The molecule has 1 aromatic rings. The molecule has 1 amide bonds. The monoisotopic (exact) mass is 334 g/mol. The van der Waals surface area contributed by atoms with Gasteiger partial charge in [-0.1, -0.05) is 13.0 Å². The summed E-state index contributed by atoms with van der Waals surface area (Å²) < 4.78 is 6.10. The van der Waals surface area contributed by atoms with E-state index in [1.54, 1.807) is 12.1 Å². The Kier molecular flexibility index (Phi) is 5.01. The maximum Gasteiger partial charge on any atom is 0.413 e. The first-order valence-corrected chi connectivity index (χ1v) is 5.90. The van der Waals surface area contributed by atoms with Crippen molar-refractivity contribution in [2.45, 2.75) is 19.6 Å². The number of anilines is 1. The minimum atomic E-state index is -1.04. The van der Waals surface area contributed by atoms with Crippen LogP contribution in [0.3, 0.4) is 0 Å². The van der Waals surface area contributed by atoms with Crippen molar-refractivity contribution in [1.82, 2.24) is 0 Å². The normalized spacial score (nSPS) is 12.2. The molecule has 1 unspecified atom stereocenters. The number of benzene rings is 1. The first-order valence-electron chi connectivity index (χ1n) is 4.82. The summed E-state index contributed by atoms with van der Waals surface area (Å²) in [7, 11) is 1.50. The van der Waals surface area contributed by atoms with E-state index in [9.17, 15) is 9.90 Å². The second-order valence-electron chi connectivity index (χ2n) is 3.14. The minimum absolute atomic E-state index is 0.480. The Bertz CT molecular complexity index is 366. The lowest BCUT2D eigenvalue weighted by Crippen LogP contribution is -2.40. The fourth-order valence-corrected chi connectivity index (χ4v) is 1.88. The summed E-state index contributed by atoms with van der Waals surface area (Å²) in [5.41, 5.74) is 0.508. The van der Waals surface area contributed by atoms with Gasteiger partial charge in [0.15, 0.2) is 0 Å². The molecule has 5 heteroatoms. The molecule has 1 aromatic carbocycles. The van der Waals surface area contributed by atoms with Gasteiger partial charge in [-0.2, -0.15) is 0 Å². The van der Waals surface area contributed by atoms with Crippen LogP contribution in [0.25, 0.3) is 0 Å². The van der Waals surface area contributed by atoms with E-state index in [4.69, 9.17) is 4.74 Å². The van der Waals surface area contributed by atoms with Gasteiger partial charge in [0.1, 0.15) is 6.23 Å². The minimum Gasteiger partial charge on any atom is -0.465 e. The summed E-state index contributed by atoms with van der Waals surface area (Å²) in [6.45, 7) is 1.87. The van der Waals surface area contributed by atoms with Crippen molar-refractivity contribution in [3.63, 3.8) is 0 Å². The number of halogens is 1. The Labute approximate surface area is 108 Å². The molecular weight excluding hydrogens is 321 g/mol. The second-order valence-corrected chi connectivity index (χ2v) is 4.39. The van der Waals surface area contributed by atoms with Gasteiger partial charge >= 0.3 is 6.09 Å². The van der Waals surface area contributed by atoms with Gasteiger partial charge in [0.2, 0.25) is 0 Å². The Morgan fingerprint density at radius 3 is 2.88 bits per heavy atom. The number of ether oxygens (including phenoxy) is 1. The Morgan fingerprint density at radius 2 is 2.44 bits per heavy atom. The first kappa shape index (κ1) is 13.2. The highest BCUT2D eigenvalue weighted by Crippen LogP contribution is 2.21. The smallest absolute Gasteiger partial charge is 0.413 e. The molecule has 1 N–H and O–H groups in total. The van der Waals surface area contributed by atoms with E-state index in [1.165, 1.54) is 12.0 Å². The molecule has 0 saturated carbocycles. The summed E-state index contributed by atoms with van der Waals surface area (Å²) in [4.78, 5) is 12.4. The summed E-state index contributed by atoms with van der Waals surface area (Å²) in [6.07, 6.45) is -0.929. The molecule has 4 nitrogen and oxygen atoms in total. The Hall–Kier alpha value is -0.820. The Balaban J connectivity index is 3.06. The number of hydrogen-bond donors (Lipinski definition) is 1. The maximum absolute atomic E-state index is 11.2. The number of hydrogen-bond acceptors (Lipinski definition) is 2. The third-order valence-electron chi connectivity index (χ3n) is 2.12.